The van der Waals surface area contributed by atoms with E-state index in [1.165, 1.54) is 6.04 Å². The average molecular weight is 99.2 g/mol. The zero-order valence-corrected chi connectivity index (χ0v) is 4.69. The van der Waals surface area contributed by atoms with Gasteiger partial charge < -0.3 is 4.12 Å². The Labute approximate surface area is 35.8 Å². The van der Waals surface area contributed by atoms with E-state index in [4.69, 9.17) is 4.12 Å². The third-order valence-corrected chi connectivity index (χ3v) is 2.60. The monoisotopic (exact) mass is 99.0 g/mol. The lowest BCUT2D eigenvalue weighted by molar-refractivity contribution is 0.670. The van der Waals surface area contributed by atoms with E-state index in [2.05, 4.69) is 5.67 Å². The van der Waals surface area contributed by atoms with Crippen LogP contribution < -0.4 is 0 Å². The fraction of sp³-hybridized carbons (Fsp3) is 0.500. The third-order valence-electron chi connectivity index (χ3n) is 0.400. The van der Waals surface area contributed by atoms with Gasteiger partial charge in [-0.1, -0.05) is 5.67 Å². The molecule has 1 aliphatic rings. The van der Waals surface area contributed by atoms with E-state index in [1.54, 1.807) is 0 Å². The second-order valence-corrected chi connectivity index (χ2v) is 2.93. The Bertz CT molecular complexity index is 45.6. The van der Waals surface area contributed by atoms with Crippen LogP contribution in [0.2, 0.25) is 6.04 Å². The summed E-state index contributed by atoms with van der Waals surface area (Å²) in [7, 11) is 1.46. The highest BCUT2D eigenvalue weighted by Crippen LogP contribution is 1.76. The summed E-state index contributed by atoms with van der Waals surface area (Å²) in [6.45, 7) is 0. The van der Waals surface area contributed by atoms with Crippen molar-refractivity contribution in [2.24, 2.45) is 0 Å². The van der Waals surface area contributed by atoms with Gasteiger partial charge in [-0.25, -0.2) is 0 Å². The molecule has 0 aromatic carbocycles. The molecule has 1 heterocycles. The van der Waals surface area contributed by atoms with Crippen molar-refractivity contribution in [3.05, 3.63) is 0 Å². The molecule has 25 valence electrons. The van der Waals surface area contributed by atoms with Crippen molar-refractivity contribution in [1.29, 1.82) is 0 Å². The Hall–Kier alpha value is 0.104. The zero-order chi connectivity index (χ0) is 3.54. The van der Waals surface area contributed by atoms with Crippen LogP contribution in [0, 0.1) is 0 Å². The summed E-state index contributed by atoms with van der Waals surface area (Å²) in [5.74, 6) is 0. The van der Waals surface area contributed by atoms with Crippen molar-refractivity contribution >= 4 is 24.8 Å². The molecule has 5 heavy (non-hydrogen) atoms. The smallest absolute Gasteiger partial charge is 0.296 e. The fourth-order valence-electron chi connectivity index (χ4n) is 0.208. The molecule has 3 radical (unpaired) electrons. The van der Waals surface area contributed by atoms with Gasteiger partial charge in [0.1, 0.15) is 0 Å². The summed E-state index contributed by atoms with van der Waals surface area (Å²) in [5, 5.41) is 0. The minimum Gasteiger partial charge on any atom is -0.603 e. The van der Waals surface area contributed by atoms with Gasteiger partial charge in [0, 0.05) is 0 Å². The Balaban J connectivity index is 2.32. The minimum atomic E-state index is 0.696. The van der Waals surface area contributed by atoms with Gasteiger partial charge in [0.2, 0.25) is 0 Å². The lowest BCUT2D eigenvalue weighted by atomic mass is 11.0. The van der Waals surface area contributed by atoms with E-state index in [0.717, 1.165) is 9.76 Å². The van der Waals surface area contributed by atoms with E-state index in [0.29, 0.717) is 9.38 Å². The first-order valence-corrected chi connectivity index (χ1v) is 3.56. The van der Waals surface area contributed by atoms with Crippen molar-refractivity contribution in [3.8, 4) is 0 Å². The van der Waals surface area contributed by atoms with Gasteiger partial charge in [-0.2, -0.15) is 0 Å². The lowest BCUT2D eigenvalue weighted by Crippen LogP contribution is -1.82. The molecule has 0 amide bonds. The highest BCUT2D eigenvalue weighted by molar-refractivity contribution is 6.60. The Morgan fingerprint density at radius 1 is 1.80 bits per heavy atom. The third kappa shape index (κ3) is 0.697. The van der Waals surface area contributed by atoms with E-state index in [9.17, 15) is 0 Å². The second-order valence-electron chi connectivity index (χ2n) is 0.772. The maximum atomic E-state index is 4.94. The van der Waals surface area contributed by atoms with E-state index < -0.39 is 0 Å². The molecule has 0 bridgehead atoms. The standard InChI is InChI=1S/C2H3OSi2/c1-2-5-3-4-1/h1H,2H2. The van der Waals surface area contributed by atoms with Crippen LogP contribution in [0.4, 0.5) is 0 Å². The van der Waals surface area contributed by atoms with Gasteiger partial charge >= 0.3 is 0 Å². The molecule has 1 nitrogen and oxygen atoms in total. The average Bonchev–Trinajstić information content (AvgIpc) is 1.76. The predicted octanol–water partition coefficient (Wildman–Crippen LogP) is -0.525. The first-order chi connectivity index (χ1) is 2.50. The van der Waals surface area contributed by atoms with Crippen LogP contribution in [0.25, 0.3) is 0 Å². The molecule has 0 spiro atoms. The van der Waals surface area contributed by atoms with E-state index in [1.807, 2.05) is 0 Å². The SMILES string of the molecule is C1=[Si]O[Si]C1. The summed E-state index contributed by atoms with van der Waals surface area (Å²) in [6.07, 6.45) is 0. The number of hydrogen-bond acceptors (Lipinski definition) is 1. The summed E-state index contributed by atoms with van der Waals surface area (Å²) >= 11 is 0. The van der Waals surface area contributed by atoms with Crippen molar-refractivity contribution in [2.75, 3.05) is 0 Å². The quantitative estimate of drug-likeness (QED) is 0.371. The fourth-order valence-corrected chi connectivity index (χ4v) is 1.88. The van der Waals surface area contributed by atoms with Crippen LogP contribution in [-0.4, -0.2) is 24.8 Å². The van der Waals surface area contributed by atoms with Crippen LogP contribution in [0.15, 0.2) is 0 Å². The van der Waals surface area contributed by atoms with Crippen molar-refractivity contribution in [3.63, 3.8) is 0 Å². The molecule has 0 aromatic rings. The largest absolute Gasteiger partial charge is 0.603 e. The van der Waals surface area contributed by atoms with Gasteiger partial charge in [-0.15, -0.1) is 0 Å². The molecule has 1 rings (SSSR count). The highest BCUT2D eigenvalue weighted by Gasteiger charge is 1.90. The predicted molar refractivity (Wildman–Crippen MR) is 23.5 cm³/mol. The molecular weight excluding hydrogens is 96.2 g/mol. The summed E-state index contributed by atoms with van der Waals surface area (Å²) in [4.78, 5) is 0. The molecule has 0 fully saturated rings. The summed E-state index contributed by atoms with van der Waals surface area (Å²) in [5.41, 5.74) is 2.18. The molecule has 0 saturated heterocycles. The van der Waals surface area contributed by atoms with Crippen molar-refractivity contribution in [2.45, 2.75) is 6.04 Å². The molecule has 0 atom stereocenters. The second kappa shape index (κ2) is 1.52. The van der Waals surface area contributed by atoms with Crippen molar-refractivity contribution < 1.29 is 4.12 Å². The Morgan fingerprint density at radius 3 is 3.00 bits per heavy atom. The lowest BCUT2D eigenvalue weighted by Gasteiger charge is -1.77. The van der Waals surface area contributed by atoms with Crippen LogP contribution in [0.3, 0.4) is 0 Å². The first-order valence-electron chi connectivity index (χ1n) is 1.46. The van der Waals surface area contributed by atoms with Crippen LogP contribution in [-0.2, 0) is 4.12 Å². The van der Waals surface area contributed by atoms with Crippen LogP contribution in [0.1, 0.15) is 0 Å². The Kier molecular flexibility index (Phi) is 1.00. The molecule has 0 saturated carbocycles. The topological polar surface area (TPSA) is 9.23 Å². The van der Waals surface area contributed by atoms with Gasteiger partial charge in [0.15, 0.2) is 0 Å². The van der Waals surface area contributed by atoms with E-state index >= 15 is 0 Å². The molecule has 0 aliphatic carbocycles. The molecule has 0 unspecified atom stereocenters. The Morgan fingerprint density at radius 2 is 2.80 bits per heavy atom. The van der Waals surface area contributed by atoms with Crippen LogP contribution >= 0.6 is 0 Å². The summed E-state index contributed by atoms with van der Waals surface area (Å²) in [6, 6.07) is 1.19. The van der Waals surface area contributed by atoms with Gasteiger partial charge in [0.25, 0.3) is 19.1 Å². The van der Waals surface area contributed by atoms with E-state index in [-0.39, 0.29) is 0 Å². The zero-order valence-electron chi connectivity index (χ0n) is 2.69. The van der Waals surface area contributed by atoms with Crippen LogP contribution in [0.5, 0.6) is 0 Å². The van der Waals surface area contributed by atoms with Crippen molar-refractivity contribution in [1.82, 2.24) is 0 Å². The van der Waals surface area contributed by atoms with Gasteiger partial charge in [-0.05, 0) is 6.04 Å². The van der Waals surface area contributed by atoms with Gasteiger partial charge in [0.05, 0.1) is 0 Å². The highest BCUT2D eigenvalue weighted by atomic mass is 28.3. The number of hydrogen-bond donors (Lipinski definition) is 0. The molecular formula is C2H3OSi2. The van der Waals surface area contributed by atoms with Gasteiger partial charge in [-0.3, -0.25) is 0 Å². The molecule has 1 aliphatic heterocycles. The minimum absolute atomic E-state index is 0.696. The number of rotatable bonds is 0. The molecule has 0 aromatic heterocycles. The normalized spacial score (nSPS) is 19.2. The first kappa shape index (κ1) is 3.30. The molecule has 3 heteroatoms. The maximum absolute atomic E-state index is 4.94. The maximum Gasteiger partial charge on any atom is 0.296 e. The summed E-state index contributed by atoms with van der Waals surface area (Å²) < 4.78 is 4.94. The molecule has 0 N–H and O–H groups in total.